The van der Waals surface area contributed by atoms with E-state index in [4.69, 9.17) is 0 Å². The van der Waals surface area contributed by atoms with Gasteiger partial charge in [0.05, 0.1) is 0 Å². The van der Waals surface area contributed by atoms with Crippen LogP contribution in [0.15, 0.2) is 18.2 Å². The van der Waals surface area contributed by atoms with Crippen LogP contribution < -0.4 is 10.6 Å². The van der Waals surface area contributed by atoms with Crippen LogP contribution in [0.1, 0.15) is 30.9 Å². The third kappa shape index (κ3) is 6.42. The molecular formula is C20H32N4O2. The topological polar surface area (TPSA) is 64.7 Å². The zero-order valence-electron chi connectivity index (χ0n) is 16.3. The number of nitrogens with zero attached hydrogens (tertiary/aromatic N) is 2. The van der Waals surface area contributed by atoms with E-state index in [1.54, 1.807) is 0 Å². The highest BCUT2D eigenvalue weighted by Gasteiger charge is 2.15. The van der Waals surface area contributed by atoms with Gasteiger partial charge < -0.3 is 20.4 Å². The molecular weight excluding hydrogens is 328 g/mol. The first kappa shape index (κ1) is 20.4. The summed E-state index contributed by atoms with van der Waals surface area (Å²) in [6.07, 6.45) is 0.777. The Morgan fingerprint density at radius 3 is 2.42 bits per heavy atom. The van der Waals surface area contributed by atoms with Crippen molar-refractivity contribution in [3.05, 3.63) is 29.3 Å². The second-order valence-corrected chi connectivity index (χ2v) is 6.95. The van der Waals surface area contributed by atoms with E-state index in [9.17, 15) is 9.59 Å². The van der Waals surface area contributed by atoms with Crippen LogP contribution >= 0.6 is 0 Å². The van der Waals surface area contributed by atoms with E-state index in [2.05, 4.69) is 27.4 Å². The van der Waals surface area contributed by atoms with E-state index in [0.717, 1.165) is 62.5 Å². The molecule has 2 N–H and O–H groups in total. The van der Waals surface area contributed by atoms with E-state index in [-0.39, 0.29) is 18.2 Å². The molecule has 1 aromatic carbocycles. The van der Waals surface area contributed by atoms with Gasteiger partial charge >= 0.3 is 0 Å². The summed E-state index contributed by atoms with van der Waals surface area (Å²) < 4.78 is 0. The number of hydrogen-bond donors (Lipinski definition) is 2. The maximum atomic E-state index is 12.0. The van der Waals surface area contributed by atoms with Crippen molar-refractivity contribution in [2.45, 2.75) is 33.6 Å². The van der Waals surface area contributed by atoms with Gasteiger partial charge in [-0.3, -0.25) is 9.59 Å². The molecule has 1 saturated heterocycles. The number of rotatable bonds is 8. The van der Waals surface area contributed by atoms with Gasteiger partial charge in [0.2, 0.25) is 11.8 Å². The highest BCUT2D eigenvalue weighted by Crippen LogP contribution is 2.17. The number of piperazine rings is 1. The summed E-state index contributed by atoms with van der Waals surface area (Å²) in [6, 6.07) is 5.76. The number of aryl methyl sites for hydroxylation is 1. The predicted molar refractivity (Wildman–Crippen MR) is 105 cm³/mol. The van der Waals surface area contributed by atoms with E-state index < -0.39 is 0 Å². The van der Waals surface area contributed by atoms with Crippen LogP contribution in [0.2, 0.25) is 0 Å². The number of amides is 2. The number of carbonyl (C=O) groups excluding carboxylic acids is 2. The second kappa shape index (κ2) is 10.3. The molecule has 0 spiro atoms. The van der Waals surface area contributed by atoms with Crippen LogP contribution in [-0.4, -0.2) is 67.4 Å². The smallest absolute Gasteiger partial charge is 0.233 e. The highest BCUT2D eigenvalue weighted by molar-refractivity contribution is 6.03. The summed E-state index contributed by atoms with van der Waals surface area (Å²) in [6.45, 7) is 13.3. The first-order chi connectivity index (χ1) is 12.5. The first-order valence-corrected chi connectivity index (χ1v) is 9.57. The van der Waals surface area contributed by atoms with Gasteiger partial charge in [0.1, 0.15) is 6.42 Å². The van der Waals surface area contributed by atoms with Gasteiger partial charge in [0.15, 0.2) is 0 Å². The monoisotopic (exact) mass is 360 g/mol. The predicted octanol–water partition coefficient (Wildman–Crippen LogP) is 1.78. The largest absolute Gasteiger partial charge is 0.356 e. The maximum Gasteiger partial charge on any atom is 0.233 e. The second-order valence-electron chi connectivity index (χ2n) is 6.95. The normalized spacial score (nSPS) is 15.7. The zero-order valence-corrected chi connectivity index (χ0v) is 16.3. The Hall–Kier alpha value is -1.92. The number of anilines is 1. The van der Waals surface area contributed by atoms with Crippen molar-refractivity contribution in [3.63, 3.8) is 0 Å². The summed E-state index contributed by atoms with van der Waals surface area (Å²) in [5.41, 5.74) is 2.92. The standard InChI is InChI=1S/C20H32N4O2/c1-4-23-11-13-24(14-12-23)10-6-9-21-19(25)15-20(26)22-18-8-5-7-16(2)17(18)3/h5,7-8H,4,6,9-15H2,1-3H3,(H,21,25)(H,22,26). The molecule has 6 nitrogen and oxygen atoms in total. The molecule has 144 valence electrons. The third-order valence-corrected chi connectivity index (χ3v) is 5.09. The summed E-state index contributed by atoms with van der Waals surface area (Å²) in [4.78, 5) is 28.9. The summed E-state index contributed by atoms with van der Waals surface area (Å²) in [5.74, 6) is -0.490. The lowest BCUT2D eigenvalue weighted by molar-refractivity contribution is -0.126. The molecule has 2 amide bonds. The Labute approximate surface area is 156 Å². The molecule has 0 aliphatic carbocycles. The Morgan fingerprint density at radius 1 is 1.04 bits per heavy atom. The van der Waals surface area contributed by atoms with Crippen molar-refractivity contribution >= 4 is 17.5 Å². The van der Waals surface area contributed by atoms with Crippen LogP contribution in [0.3, 0.4) is 0 Å². The molecule has 0 saturated carbocycles. The molecule has 0 unspecified atom stereocenters. The Bertz CT molecular complexity index is 610. The summed E-state index contributed by atoms with van der Waals surface area (Å²) in [7, 11) is 0. The summed E-state index contributed by atoms with van der Waals surface area (Å²) in [5, 5.41) is 5.67. The average molecular weight is 361 g/mol. The summed E-state index contributed by atoms with van der Waals surface area (Å²) >= 11 is 0. The van der Waals surface area contributed by atoms with Gasteiger partial charge in [0.25, 0.3) is 0 Å². The van der Waals surface area contributed by atoms with Crippen LogP contribution in [0, 0.1) is 13.8 Å². The minimum absolute atomic E-state index is 0.136. The highest BCUT2D eigenvalue weighted by atomic mass is 16.2. The minimum atomic E-state index is -0.271. The van der Waals surface area contributed by atoms with Crippen LogP contribution in [-0.2, 0) is 9.59 Å². The van der Waals surface area contributed by atoms with E-state index >= 15 is 0 Å². The molecule has 26 heavy (non-hydrogen) atoms. The van der Waals surface area contributed by atoms with Crippen LogP contribution in [0.5, 0.6) is 0 Å². The minimum Gasteiger partial charge on any atom is -0.356 e. The molecule has 0 bridgehead atoms. The van der Waals surface area contributed by atoms with Gasteiger partial charge in [-0.2, -0.15) is 0 Å². The van der Waals surface area contributed by atoms with Gasteiger partial charge in [-0.1, -0.05) is 19.1 Å². The molecule has 2 rings (SSSR count). The zero-order chi connectivity index (χ0) is 18.9. The fourth-order valence-electron chi connectivity index (χ4n) is 3.15. The van der Waals surface area contributed by atoms with Gasteiger partial charge in [-0.15, -0.1) is 0 Å². The lowest BCUT2D eigenvalue weighted by Crippen LogP contribution is -2.46. The SMILES string of the molecule is CCN1CCN(CCCNC(=O)CC(=O)Nc2cccc(C)c2C)CC1. The third-order valence-electron chi connectivity index (χ3n) is 5.09. The number of carbonyl (C=O) groups is 2. The van der Waals surface area contributed by atoms with Gasteiger partial charge in [0, 0.05) is 38.4 Å². The lowest BCUT2D eigenvalue weighted by atomic mass is 10.1. The van der Waals surface area contributed by atoms with E-state index in [0.29, 0.717) is 6.54 Å². The molecule has 0 atom stereocenters. The molecule has 6 heteroatoms. The Balaban J connectivity index is 1.61. The average Bonchev–Trinajstić information content (AvgIpc) is 2.63. The molecule has 1 aromatic rings. The van der Waals surface area contributed by atoms with Crippen LogP contribution in [0.4, 0.5) is 5.69 Å². The van der Waals surface area contributed by atoms with Crippen molar-refractivity contribution in [1.82, 2.24) is 15.1 Å². The van der Waals surface area contributed by atoms with Crippen molar-refractivity contribution in [2.24, 2.45) is 0 Å². The maximum absolute atomic E-state index is 12.0. The fraction of sp³-hybridized carbons (Fsp3) is 0.600. The molecule has 0 aromatic heterocycles. The lowest BCUT2D eigenvalue weighted by Gasteiger charge is -2.33. The molecule has 1 aliphatic rings. The van der Waals surface area contributed by atoms with Crippen molar-refractivity contribution in [3.8, 4) is 0 Å². The van der Waals surface area contributed by atoms with Crippen molar-refractivity contribution in [1.29, 1.82) is 0 Å². The van der Waals surface area contributed by atoms with Gasteiger partial charge in [-0.05, 0) is 50.6 Å². The molecule has 1 aliphatic heterocycles. The number of hydrogen-bond acceptors (Lipinski definition) is 4. The Kier molecular flexibility index (Phi) is 8.06. The molecule has 1 fully saturated rings. The van der Waals surface area contributed by atoms with E-state index in [1.165, 1.54) is 0 Å². The van der Waals surface area contributed by atoms with E-state index in [1.807, 2.05) is 32.0 Å². The van der Waals surface area contributed by atoms with Gasteiger partial charge in [-0.25, -0.2) is 0 Å². The first-order valence-electron chi connectivity index (χ1n) is 9.57. The van der Waals surface area contributed by atoms with Crippen molar-refractivity contribution in [2.75, 3.05) is 51.1 Å². The number of nitrogens with one attached hydrogen (secondary N) is 2. The number of likely N-dealkylation sites (N-methyl/N-ethyl adjacent to an activating group) is 1. The molecule has 0 radical (unpaired) electrons. The number of benzene rings is 1. The van der Waals surface area contributed by atoms with Crippen LogP contribution in [0.25, 0.3) is 0 Å². The molecule has 1 heterocycles. The fourth-order valence-corrected chi connectivity index (χ4v) is 3.15. The quantitative estimate of drug-likeness (QED) is 0.548. The van der Waals surface area contributed by atoms with Crippen molar-refractivity contribution < 1.29 is 9.59 Å². The Morgan fingerprint density at radius 2 is 1.73 bits per heavy atom.